The number of benzene rings is 1. The average Bonchev–Trinajstić information content (AvgIpc) is 2.97. The first-order valence-electron chi connectivity index (χ1n) is 8.28. The average molecular weight is 417 g/mol. The quantitative estimate of drug-likeness (QED) is 0.705. The Morgan fingerprint density at radius 2 is 2.04 bits per heavy atom. The summed E-state index contributed by atoms with van der Waals surface area (Å²) in [5, 5.41) is 2.76. The molecule has 0 bridgehead atoms. The molecule has 1 amide bonds. The van der Waals surface area contributed by atoms with Gasteiger partial charge in [0.25, 0.3) is 0 Å². The first-order chi connectivity index (χ1) is 11.3. The maximum Gasteiger partial charge on any atom is 0.235 e. The zero-order chi connectivity index (χ0) is 17.6. The largest absolute Gasteiger partial charge is 0.355 e. The summed E-state index contributed by atoms with van der Waals surface area (Å²) in [6.45, 7) is 5.79. The van der Waals surface area contributed by atoms with Gasteiger partial charge in [-0.2, -0.15) is 0 Å². The summed E-state index contributed by atoms with van der Waals surface area (Å²) in [6, 6.07) is 7.13. The molecule has 1 heterocycles. The van der Waals surface area contributed by atoms with Crippen LogP contribution in [0.4, 0.5) is 0 Å². The molecule has 1 aliphatic heterocycles. The van der Waals surface area contributed by atoms with Crippen LogP contribution in [0.2, 0.25) is 0 Å². The molecule has 1 fully saturated rings. The second kappa shape index (κ2) is 8.97. The minimum absolute atomic E-state index is 0.122. The molecule has 7 heteroatoms. The molecular weight excluding hydrogens is 392 g/mol. The fourth-order valence-corrected chi connectivity index (χ4v) is 4.68. The van der Waals surface area contributed by atoms with E-state index in [4.69, 9.17) is 0 Å². The van der Waals surface area contributed by atoms with Crippen LogP contribution in [0.15, 0.2) is 28.7 Å². The number of halogens is 1. The number of amides is 1. The van der Waals surface area contributed by atoms with Crippen molar-refractivity contribution in [2.24, 2.45) is 5.92 Å². The molecule has 0 aliphatic carbocycles. The molecule has 1 saturated heterocycles. The van der Waals surface area contributed by atoms with Crippen LogP contribution in [0.25, 0.3) is 0 Å². The van der Waals surface area contributed by atoms with Gasteiger partial charge < -0.3 is 10.2 Å². The van der Waals surface area contributed by atoms with Crippen LogP contribution in [0.1, 0.15) is 25.3 Å². The monoisotopic (exact) mass is 416 g/mol. The number of sulfone groups is 1. The van der Waals surface area contributed by atoms with Gasteiger partial charge in [-0.3, -0.25) is 4.79 Å². The fourth-order valence-electron chi connectivity index (χ4n) is 2.94. The standard InChI is InChI=1S/C17H25BrN2O3S/c1-14(11-20-7-2-3-8-20)10-19-17(21)13-24(22,23)12-15-5-4-6-16(18)9-15/h4-6,9,14H,2-3,7-8,10-13H2,1H3,(H,19,21). The number of carbonyl (C=O) groups is 1. The highest BCUT2D eigenvalue weighted by Gasteiger charge is 2.19. The van der Waals surface area contributed by atoms with Crippen LogP contribution in [0, 0.1) is 5.92 Å². The normalized spacial score (nSPS) is 16.9. The summed E-state index contributed by atoms with van der Waals surface area (Å²) in [5.74, 6) is -0.683. The van der Waals surface area contributed by atoms with Crippen LogP contribution < -0.4 is 5.32 Å². The molecule has 1 aromatic carbocycles. The van der Waals surface area contributed by atoms with Gasteiger partial charge in [-0.1, -0.05) is 35.0 Å². The van der Waals surface area contributed by atoms with Crippen LogP contribution in [0.3, 0.4) is 0 Å². The Morgan fingerprint density at radius 1 is 1.33 bits per heavy atom. The third kappa shape index (κ3) is 6.91. The number of carbonyl (C=O) groups excluding carboxylic acids is 1. The van der Waals surface area contributed by atoms with E-state index in [1.165, 1.54) is 12.8 Å². The maximum absolute atomic E-state index is 12.2. The van der Waals surface area contributed by atoms with E-state index in [-0.39, 0.29) is 5.75 Å². The predicted octanol–water partition coefficient (Wildman–Crippen LogP) is 2.21. The van der Waals surface area contributed by atoms with E-state index in [9.17, 15) is 13.2 Å². The lowest BCUT2D eigenvalue weighted by Gasteiger charge is -2.20. The van der Waals surface area contributed by atoms with Crippen molar-refractivity contribution < 1.29 is 13.2 Å². The molecule has 2 rings (SSSR count). The lowest BCUT2D eigenvalue weighted by molar-refractivity contribution is -0.118. The lowest BCUT2D eigenvalue weighted by atomic mass is 10.1. The van der Waals surface area contributed by atoms with E-state index in [0.29, 0.717) is 18.0 Å². The van der Waals surface area contributed by atoms with Crippen molar-refractivity contribution >= 4 is 31.7 Å². The maximum atomic E-state index is 12.2. The molecule has 24 heavy (non-hydrogen) atoms. The molecule has 1 unspecified atom stereocenters. The van der Waals surface area contributed by atoms with Crippen LogP contribution in [0.5, 0.6) is 0 Å². The van der Waals surface area contributed by atoms with Gasteiger partial charge in [0.1, 0.15) is 5.75 Å². The van der Waals surface area contributed by atoms with E-state index >= 15 is 0 Å². The Hall–Kier alpha value is -0.920. The number of nitrogens with zero attached hydrogens (tertiary/aromatic N) is 1. The smallest absolute Gasteiger partial charge is 0.235 e. The van der Waals surface area contributed by atoms with Crippen molar-refractivity contribution in [1.29, 1.82) is 0 Å². The summed E-state index contributed by atoms with van der Waals surface area (Å²) >= 11 is 3.32. The SMILES string of the molecule is CC(CNC(=O)CS(=O)(=O)Cc1cccc(Br)c1)CN1CCCC1. The van der Waals surface area contributed by atoms with E-state index in [1.54, 1.807) is 18.2 Å². The number of hydrogen-bond donors (Lipinski definition) is 1. The van der Waals surface area contributed by atoms with Crippen molar-refractivity contribution in [2.75, 3.05) is 31.9 Å². The Balaban J connectivity index is 1.75. The highest BCUT2D eigenvalue weighted by Crippen LogP contribution is 2.14. The number of rotatable bonds is 8. The van der Waals surface area contributed by atoms with E-state index < -0.39 is 21.5 Å². The minimum Gasteiger partial charge on any atom is -0.355 e. The second-order valence-electron chi connectivity index (χ2n) is 6.58. The summed E-state index contributed by atoms with van der Waals surface area (Å²) < 4.78 is 25.2. The van der Waals surface area contributed by atoms with Crippen molar-refractivity contribution in [3.63, 3.8) is 0 Å². The van der Waals surface area contributed by atoms with E-state index in [1.807, 2.05) is 6.07 Å². The number of likely N-dealkylation sites (tertiary alicyclic amines) is 1. The van der Waals surface area contributed by atoms with Crippen molar-refractivity contribution in [3.8, 4) is 0 Å². The highest BCUT2D eigenvalue weighted by molar-refractivity contribution is 9.10. The molecular formula is C17H25BrN2O3S. The molecule has 0 saturated carbocycles. The Kier molecular flexibility index (Phi) is 7.25. The minimum atomic E-state index is -3.46. The topological polar surface area (TPSA) is 66.5 Å². The number of hydrogen-bond acceptors (Lipinski definition) is 4. The fraction of sp³-hybridized carbons (Fsp3) is 0.588. The third-order valence-electron chi connectivity index (χ3n) is 4.04. The van der Waals surface area contributed by atoms with Crippen molar-refractivity contribution in [3.05, 3.63) is 34.3 Å². The second-order valence-corrected chi connectivity index (χ2v) is 9.56. The van der Waals surface area contributed by atoms with Gasteiger partial charge in [0.15, 0.2) is 9.84 Å². The lowest BCUT2D eigenvalue weighted by Crippen LogP contribution is -2.37. The van der Waals surface area contributed by atoms with E-state index in [0.717, 1.165) is 24.1 Å². The van der Waals surface area contributed by atoms with Crippen LogP contribution in [-0.2, 0) is 20.4 Å². The zero-order valence-electron chi connectivity index (χ0n) is 14.0. The molecule has 1 atom stereocenters. The van der Waals surface area contributed by atoms with Gasteiger partial charge >= 0.3 is 0 Å². The molecule has 1 aromatic rings. The molecule has 1 aliphatic rings. The van der Waals surface area contributed by atoms with Gasteiger partial charge in [-0.25, -0.2) is 8.42 Å². The van der Waals surface area contributed by atoms with E-state index in [2.05, 4.69) is 33.1 Å². The zero-order valence-corrected chi connectivity index (χ0v) is 16.4. The Bertz CT molecular complexity index is 658. The molecule has 0 spiro atoms. The van der Waals surface area contributed by atoms with Gasteiger partial charge in [0.2, 0.25) is 5.91 Å². The Morgan fingerprint density at radius 3 is 2.71 bits per heavy atom. The van der Waals surface area contributed by atoms with Crippen LogP contribution in [-0.4, -0.2) is 51.2 Å². The predicted molar refractivity (Wildman–Crippen MR) is 99.5 cm³/mol. The summed E-state index contributed by atoms with van der Waals surface area (Å²) in [7, 11) is -3.46. The van der Waals surface area contributed by atoms with Gasteiger partial charge in [0.05, 0.1) is 5.75 Å². The van der Waals surface area contributed by atoms with Crippen molar-refractivity contribution in [2.45, 2.75) is 25.5 Å². The summed E-state index contributed by atoms with van der Waals surface area (Å²) in [4.78, 5) is 14.3. The van der Waals surface area contributed by atoms with Gasteiger partial charge in [-0.15, -0.1) is 0 Å². The summed E-state index contributed by atoms with van der Waals surface area (Å²) in [6.07, 6.45) is 2.49. The first-order valence-corrected chi connectivity index (χ1v) is 10.9. The molecule has 1 N–H and O–H groups in total. The van der Waals surface area contributed by atoms with Gasteiger partial charge in [0, 0.05) is 17.6 Å². The molecule has 134 valence electrons. The molecule has 0 radical (unpaired) electrons. The third-order valence-corrected chi connectivity index (χ3v) is 6.01. The number of nitrogens with one attached hydrogen (secondary N) is 1. The highest BCUT2D eigenvalue weighted by atomic mass is 79.9. The molecule has 0 aromatic heterocycles. The Labute approximate surface area is 152 Å². The van der Waals surface area contributed by atoms with Crippen molar-refractivity contribution in [1.82, 2.24) is 10.2 Å². The van der Waals surface area contributed by atoms with Crippen LogP contribution >= 0.6 is 15.9 Å². The molecule has 5 nitrogen and oxygen atoms in total. The summed E-state index contributed by atoms with van der Waals surface area (Å²) in [5.41, 5.74) is 0.680. The van der Waals surface area contributed by atoms with Gasteiger partial charge in [-0.05, 0) is 49.5 Å². The first kappa shape index (κ1) is 19.4.